The van der Waals surface area contributed by atoms with E-state index in [2.05, 4.69) is 15.2 Å². The van der Waals surface area contributed by atoms with Crippen LogP contribution in [-0.4, -0.2) is 52.6 Å². The van der Waals surface area contributed by atoms with Crippen molar-refractivity contribution in [3.05, 3.63) is 41.5 Å². The van der Waals surface area contributed by atoms with E-state index < -0.39 is 16.1 Å². The number of rotatable bonds is 12. The van der Waals surface area contributed by atoms with Gasteiger partial charge in [0.15, 0.2) is 5.58 Å². The number of fused-ring (bicyclic) bond motifs is 1. The first-order valence-electron chi connectivity index (χ1n) is 12.2. The van der Waals surface area contributed by atoms with Crippen molar-refractivity contribution in [3.8, 4) is 11.5 Å². The van der Waals surface area contributed by atoms with Gasteiger partial charge >= 0.3 is 6.09 Å². The second-order valence-corrected chi connectivity index (χ2v) is 11.2. The quantitative estimate of drug-likeness (QED) is 0.309. The van der Waals surface area contributed by atoms with Crippen molar-refractivity contribution in [2.45, 2.75) is 57.7 Å². The second kappa shape index (κ2) is 12.4. The van der Waals surface area contributed by atoms with Crippen LogP contribution in [0.25, 0.3) is 11.0 Å². The first-order chi connectivity index (χ1) is 18.0. The minimum Gasteiger partial charge on any atom is -0.496 e. The average molecular weight is 550 g/mol. The number of aromatic nitrogens is 1. The van der Waals surface area contributed by atoms with Crippen LogP contribution in [0.3, 0.4) is 0 Å². The Morgan fingerprint density at radius 3 is 2.42 bits per heavy atom. The van der Waals surface area contributed by atoms with Gasteiger partial charge in [0.25, 0.3) is 10.0 Å². The number of anilines is 1. The standard InChI is InChI=1S/C26H35N3O8S/c1-7-17-9-10-20(33-5)19(13-17)29-38(31,32)24-23-21(34-6)14-18(15-22(23)37-28-24)16-35-11-8-12-36-25(30)27-26(2,3)4/h9-10,13-15,29H,7-8,11-12,16H2,1-6H3,(H,27,30). The number of methoxy groups -OCH3 is 2. The number of ether oxygens (including phenoxy) is 4. The molecule has 0 saturated heterocycles. The number of hydrogen-bond donors (Lipinski definition) is 2. The van der Waals surface area contributed by atoms with Crippen molar-refractivity contribution in [1.82, 2.24) is 10.5 Å². The predicted molar refractivity (Wildman–Crippen MR) is 142 cm³/mol. The van der Waals surface area contributed by atoms with Crippen LogP contribution in [0.2, 0.25) is 0 Å². The van der Waals surface area contributed by atoms with Gasteiger partial charge in [-0.3, -0.25) is 4.72 Å². The number of hydrogen-bond acceptors (Lipinski definition) is 9. The lowest BCUT2D eigenvalue weighted by Gasteiger charge is -2.19. The van der Waals surface area contributed by atoms with Crippen LogP contribution in [0.5, 0.6) is 11.5 Å². The fourth-order valence-corrected chi connectivity index (χ4v) is 4.75. The number of alkyl carbamates (subject to hydrolysis) is 1. The third kappa shape index (κ3) is 7.51. The second-order valence-electron chi connectivity index (χ2n) is 9.57. The molecule has 2 N–H and O–H groups in total. The van der Waals surface area contributed by atoms with Crippen LogP contribution in [0.15, 0.2) is 39.9 Å². The summed E-state index contributed by atoms with van der Waals surface area (Å²) in [7, 11) is -1.24. The fourth-order valence-electron chi connectivity index (χ4n) is 3.60. The molecule has 11 nitrogen and oxygen atoms in total. The molecule has 1 amide bonds. The summed E-state index contributed by atoms with van der Waals surface area (Å²) < 4.78 is 56.1. The highest BCUT2D eigenvalue weighted by molar-refractivity contribution is 7.92. The van der Waals surface area contributed by atoms with E-state index in [0.717, 1.165) is 12.0 Å². The van der Waals surface area contributed by atoms with Gasteiger partial charge in [0, 0.05) is 12.0 Å². The summed E-state index contributed by atoms with van der Waals surface area (Å²) in [5.74, 6) is 0.657. The highest BCUT2D eigenvalue weighted by Crippen LogP contribution is 2.35. The molecule has 0 atom stereocenters. The monoisotopic (exact) mass is 549 g/mol. The molecule has 0 saturated carbocycles. The van der Waals surface area contributed by atoms with Crippen molar-refractivity contribution < 1.29 is 36.7 Å². The topological polar surface area (TPSA) is 138 Å². The number of carbonyl (C=O) groups is 1. The lowest BCUT2D eigenvalue weighted by Crippen LogP contribution is -2.41. The fraction of sp³-hybridized carbons (Fsp3) is 0.462. The molecule has 2 aromatic carbocycles. The van der Waals surface area contributed by atoms with Gasteiger partial charge in [-0.15, -0.1) is 0 Å². The zero-order chi connectivity index (χ0) is 27.9. The number of aryl methyl sites for hydroxylation is 1. The summed E-state index contributed by atoms with van der Waals surface area (Å²) in [6, 6.07) is 8.61. The van der Waals surface area contributed by atoms with Crippen LogP contribution in [-0.2, 0) is 32.5 Å². The van der Waals surface area contributed by atoms with Gasteiger partial charge in [0.05, 0.1) is 39.7 Å². The molecule has 0 spiro atoms. The van der Waals surface area contributed by atoms with Crippen LogP contribution in [0.4, 0.5) is 10.5 Å². The number of nitrogens with one attached hydrogen (secondary N) is 2. The molecule has 0 unspecified atom stereocenters. The Bertz CT molecular complexity index is 1360. The van der Waals surface area contributed by atoms with E-state index in [9.17, 15) is 13.2 Å². The Morgan fingerprint density at radius 1 is 1.03 bits per heavy atom. The van der Waals surface area contributed by atoms with Crippen molar-refractivity contribution in [2.75, 3.05) is 32.2 Å². The molecule has 1 heterocycles. The van der Waals surface area contributed by atoms with E-state index in [1.54, 1.807) is 24.3 Å². The van der Waals surface area contributed by atoms with E-state index in [1.807, 2.05) is 33.8 Å². The molecule has 0 radical (unpaired) electrons. The molecule has 12 heteroatoms. The summed E-state index contributed by atoms with van der Waals surface area (Å²) in [4.78, 5) is 11.7. The lowest BCUT2D eigenvalue weighted by atomic mass is 10.1. The van der Waals surface area contributed by atoms with Gasteiger partial charge in [-0.25, -0.2) is 4.79 Å². The SMILES string of the molecule is CCc1ccc(OC)c(NS(=O)(=O)c2noc3cc(COCCCOC(=O)NC(C)(C)C)cc(OC)c23)c1. The van der Waals surface area contributed by atoms with Gasteiger partial charge in [-0.2, -0.15) is 8.42 Å². The zero-order valence-electron chi connectivity index (χ0n) is 22.5. The summed E-state index contributed by atoms with van der Waals surface area (Å²) in [6.45, 7) is 8.35. The smallest absolute Gasteiger partial charge is 0.407 e. The maximum absolute atomic E-state index is 13.3. The Balaban J connectivity index is 1.69. The summed E-state index contributed by atoms with van der Waals surface area (Å²) in [5, 5.41) is 6.46. The molecule has 0 fully saturated rings. The first kappa shape index (κ1) is 29.1. The zero-order valence-corrected chi connectivity index (χ0v) is 23.4. The van der Waals surface area contributed by atoms with Gasteiger partial charge in [-0.1, -0.05) is 18.1 Å². The molecular formula is C26H35N3O8S. The highest BCUT2D eigenvalue weighted by Gasteiger charge is 2.27. The van der Waals surface area contributed by atoms with E-state index in [-0.39, 0.29) is 40.5 Å². The Morgan fingerprint density at radius 2 is 1.76 bits per heavy atom. The van der Waals surface area contributed by atoms with Gasteiger partial charge in [0.2, 0.25) is 5.03 Å². The summed E-state index contributed by atoms with van der Waals surface area (Å²) >= 11 is 0. The minimum atomic E-state index is -4.14. The molecule has 0 aliphatic rings. The maximum Gasteiger partial charge on any atom is 0.407 e. The molecule has 3 rings (SSSR count). The van der Waals surface area contributed by atoms with Crippen molar-refractivity contribution in [3.63, 3.8) is 0 Å². The van der Waals surface area contributed by atoms with Crippen LogP contribution in [0.1, 0.15) is 45.2 Å². The Hall–Kier alpha value is -3.51. The molecule has 38 heavy (non-hydrogen) atoms. The van der Waals surface area contributed by atoms with Gasteiger partial charge < -0.3 is 28.8 Å². The molecular weight excluding hydrogens is 514 g/mol. The van der Waals surface area contributed by atoms with Crippen molar-refractivity contribution in [1.29, 1.82) is 0 Å². The van der Waals surface area contributed by atoms with E-state index in [1.165, 1.54) is 14.2 Å². The van der Waals surface area contributed by atoms with Gasteiger partial charge in [-0.05, 0) is 62.6 Å². The highest BCUT2D eigenvalue weighted by atomic mass is 32.2. The van der Waals surface area contributed by atoms with Crippen LogP contribution < -0.4 is 19.5 Å². The summed E-state index contributed by atoms with van der Waals surface area (Å²) in [6.07, 6.45) is 0.759. The molecule has 0 bridgehead atoms. The third-order valence-corrected chi connectivity index (χ3v) is 6.65. The lowest BCUT2D eigenvalue weighted by molar-refractivity contribution is 0.0899. The molecule has 0 aliphatic carbocycles. The van der Waals surface area contributed by atoms with E-state index in [0.29, 0.717) is 30.0 Å². The van der Waals surface area contributed by atoms with Crippen LogP contribution >= 0.6 is 0 Å². The minimum absolute atomic E-state index is 0.211. The van der Waals surface area contributed by atoms with Crippen LogP contribution in [0, 0.1) is 0 Å². The molecule has 1 aromatic heterocycles. The molecule has 3 aromatic rings. The Labute approximate surface area is 222 Å². The number of amides is 1. The normalized spacial score (nSPS) is 11.8. The molecule has 208 valence electrons. The third-order valence-electron chi connectivity index (χ3n) is 5.37. The van der Waals surface area contributed by atoms with Crippen molar-refractivity contribution in [2.24, 2.45) is 0 Å². The van der Waals surface area contributed by atoms with Gasteiger partial charge in [0.1, 0.15) is 16.9 Å². The number of sulfonamides is 1. The molecule has 0 aliphatic heterocycles. The first-order valence-corrected chi connectivity index (χ1v) is 13.6. The van der Waals surface area contributed by atoms with E-state index >= 15 is 0 Å². The number of nitrogens with zero attached hydrogens (tertiary/aromatic N) is 1. The van der Waals surface area contributed by atoms with Crippen molar-refractivity contribution >= 4 is 32.8 Å². The largest absolute Gasteiger partial charge is 0.496 e. The van der Waals surface area contributed by atoms with E-state index in [4.69, 9.17) is 23.5 Å². The maximum atomic E-state index is 13.3. The number of benzene rings is 2. The number of carbonyl (C=O) groups excluding carboxylic acids is 1. The average Bonchev–Trinajstić information content (AvgIpc) is 3.29. The Kier molecular flexibility index (Phi) is 9.45. The summed E-state index contributed by atoms with van der Waals surface area (Å²) in [5.41, 5.74) is 1.81. The predicted octanol–water partition coefficient (Wildman–Crippen LogP) is 4.64.